The number of anilines is 2. The Morgan fingerprint density at radius 1 is 0.829 bits per heavy atom. The highest BCUT2D eigenvalue weighted by Gasteiger charge is 2.38. The SMILES string of the molecule is O=S(=O)(NC[C@H]1CC[C@H](CNc2nc(NCCO)c3ccccc3n2)CC1)c1cc(C(F)(F)F)cc(C(F)(F)F)c1. The zero-order valence-electron chi connectivity index (χ0n) is 21.7. The molecule has 1 fully saturated rings. The lowest BCUT2D eigenvalue weighted by molar-refractivity contribution is -0.143. The normalized spacial score (nSPS) is 18.4. The zero-order valence-corrected chi connectivity index (χ0v) is 22.5. The molecule has 1 aliphatic carbocycles. The van der Waals surface area contributed by atoms with Crippen molar-refractivity contribution in [2.75, 3.05) is 36.9 Å². The van der Waals surface area contributed by atoms with Crippen molar-refractivity contribution in [2.24, 2.45) is 11.8 Å². The molecule has 8 nitrogen and oxygen atoms in total. The molecular formula is C26H29F6N5O3S. The highest BCUT2D eigenvalue weighted by atomic mass is 32.2. The van der Waals surface area contributed by atoms with E-state index in [2.05, 4.69) is 25.3 Å². The first kappa shape index (κ1) is 30.8. The number of fused-ring (bicyclic) bond motifs is 1. The number of nitrogens with one attached hydrogen (secondary N) is 3. The molecule has 224 valence electrons. The van der Waals surface area contributed by atoms with Gasteiger partial charge in [0.25, 0.3) is 0 Å². The first-order valence-electron chi connectivity index (χ1n) is 12.9. The molecule has 0 aliphatic heterocycles. The second kappa shape index (κ2) is 12.4. The van der Waals surface area contributed by atoms with Gasteiger partial charge in [0.2, 0.25) is 16.0 Å². The molecule has 1 heterocycles. The van der Waals surface area contributed by atoms with Gasteiger partial charge in [-0.15, -0.1) is 0 Å². The minimum atomic E-state index is -5.15. The number of aliphatic hydroxyl groups excluding tert-OH is 1. The second-order valence-electron chi connectivity index (χ2n) is 9.92. The Hall–Kier alpha value is -3.17. The van der Waals surface area contributed by atoms with E-state index < -0.39 is 38.4 Å². The van der Waals surface area contributed by atoms with Crippen molar-refractivity contribution in [3.05, 3.63) is 53.6 Å². The van der Waals surface area contributed by atoms with Crippen LogP contribution in [0.5, 0.6) is 0 Å². The van der Waals surface area contributed by atoms with Gasteiger partial charge in [0.05, 0.1) is 28.1 Å². The Morgan fingerprint density at radius 2 is 1.41 bits per heavy atom. The number of hydrogen-bond acceptors (Lipinski definition) is 7. The molecular weight excluding hydrogens is 576 g/mol. The van der Waals surface area contributed by atoms with Gasteiger partial charge in [-0.25, -0.2) is 18.1 Å². The van der Waals surface area contributed by atoms with Crippen LogP contribution in [0.3, 0.4) is 0 Å². The molecule has 0 amide bonds. The Labute approximate surface area is 232 Å². The minimum absolute atomic E-state index is 0.0605. The minimum Gasteiger partial charge on any atom is -0.395 e. The maximum atomic E-state index is 13.1. The van der Waals surface area contributed by atoms with Crippen molar-refractivity contribution in [3.63, 3.8) is 0 Å². The summed E-state index contributed by atoms with van der Waals surface area (Å²) in [5, 5.41) is 16.3. The van der Waals surface area contributed by atoms with Crippen LogP contribution in [0.1, 0.15) is 36.8 Å². The Balaban J connectivity index is 1.33. The highest BCUT2D eigenvalue weighted by molar-refractivity contribution is 7.89. The smallest absolute Gasteiger partial charge is 0.395 e. The van der Waals surface area contributed by atoms with Crippen molar-refractivity contribution in [3.8, 4) is 0 Å². The largest absolute Gasteiger partial charge is 0.416 e. The van der Waals surface area contributed by atoms with Crippen molar-refractivity contribution in [1.29, 1.82) is 0 Å². The number of hydrogen-bond donors (Lipinski definition) is 4. The van der Waals surface area contributed by atoms with Gasteiger partial charge >= 0.3 is 12.4 Å². The van der Waals surface area contributed by atoms with Gasteiger partial charge in [-0.3, -0.25) is 0 Å². The summed E-state index contributed by atoms with van der Waals surface area (Å²) in [5.74, 6) is 1.11. The highest BCUT2D eigenvalue weighted by Crippen LogP contribution is 2.37. The number of rotatable bonds is 10. The van der Waals surface area contributed by atoms with Crippen molar-refractivity contribution in [1.82, 2.24) is 14.7 Å². The molecule has 0 bridgehead atoms. The molecule has 0 saturated heterocycles. The maximum absolute atomic E-state index is 13.1. The first-order chi connectivity index (χ1) is 19.3. The molecule has 41 heavy (non-hydrogen) atoms. The van der Waals surface area contributed by atoms with Crippen LogP contribution in [0.15, 0.2) is 47.4 Å². The third-order valence-corrected chi connectivity index (χ3v) is 8.36. The maximum Gasteiger partial charge on any atom is 0.416 e. The average Bonchev–Trinajstić information content (AvgIpc) is 2.93. The van der Waals surface area contributed by atoms with Gasteiger partial charge in [-0.1, -0.05) is 12.1 Å². The molecule has 1 aliphatic rings. The fourth-order valence-corrected chi connectivity index (χ4v) is 5.92. The summed E-state index contributed by atoms with van der Waals surface area (Å²) in [5.41, 5.74) is -2.65. The van der Waals surface area contributed by atoms with Gasteiger partial charge in [0.15, 0.2) is 0 Å². The Morgan fingerprint density at radius 3 is 2.00 bits per heavy atom. The molecule has 3 aromatic rings. The second-order valence-corrected chi connectivity index (χ2v) is 11.7. The lowest BCUT2D eigenvalue weighted by Crippen LogP contribution is -2.32. The molecule has 0 unspecified atom stereocenters. The van der Waals surface area contributed by atoms with Gasteiger partial charge in [-0.05, 0) is 67.9 Å². The lowest BCUT2D eigenvalue weighted by atomic mass is 9.82. The first-order valence-corrected chi connectivity index (χ1v) is 14.4. The standard InChI is InChI=1S/C26H29F6N5O3S/c27-25(28,29)18-11-19(26(30,31)32)13-20(12-18)41(39,40)35-15-17-7-5-16(6-8-17)14-34-24-36-22-4-2-1-3-21(22)23(37-24)33-9-10-38/h1-4,11-13,16-17,35,38H,5-10,14-15H2,(H2,33,34,36,37)/t16-,17-. The fraction of sp³-hybridized carbons (Fsp3) is 0.462. The molecule has 0 radical (unpaired) electrons. The Bertz CT molecular complexity index is 1430. The monoisotopic (exact) mass is 605 g/mol. The summed E-state index contributed by atoms with van der Waals surface area (Å²) in [6, 6.07) is 7.75. The number of sulfonamides is 1. The quantitative estimate of drug-likeness (QED) is 0.233. The van der Waals surface area contributed by atoms with Crippen LogP contribution in [-0.4, -0.2) is 49.7 Å². The van der Waals surface area contributed by atoms with Crippen LogP contribution in [0.4, 0.5) is 38.1 Å². The van der Waals surface area contributed by atoms with E-state index in [1.807, 2.05) is 24.3 Å². The third kappa shape index (κ3) is 7.98. The van der Waals surface area contributed by atoms with Crippen LogP contribution < -0.4 is 15.4 Å². The van der Waals surface area contributed by atoms with Crippen molar-refractivity contribution in [2.45, 2.75) is 42.9 Å². The van der Waals surface area contributed by atoms with Gasteiger partial charge in [-0.2, -0.15) is 31.3 Å². The van der Waals surface area contributed by atoms with Crippen molar-refractivity contribution >= 4 is 32.7 Å². The van der Waals surface area contributed by atoms with Crippen LogP contribution in [0, 0.1) is 11.8 Å². The van der Waals surface area contributed by atoms with Gasteiger partial charge in [0.1, 0.15) is 5.82 Å². The lowest BCUT2D eigenvalue weighted by Gasteiger charge is -2.28. The topological polar surface area (TPSA) is 116 Å². The fourth-order valence-electron chi connectivity index (χ4n) is 4.73. The van der Waals surface area contributed by atoms with Gasteiger partial charge in [0, 0.05) is 25.0 Å². The summed E-state index contributed by atoms with van der Waals surface area (Å²) in [6.45, 7) is 0.717. The third-order valence-electron chi connectivity index (χ3n) is 6.96. The Kier molecular flexibility index (Phi) is 9.29. The van der Waals surface area contributed by atoms with Crippen LogP contribution >= 0.6 is 0 Å². The number of benzene rings is 2. The molecule has 1 aromatic heterocycles. The number of alkyl halides is 6. The number of para-hydroxylation sites is 1. The molecule has 1 saturated carbocycles. The van der Waals surface area contributed by atoms with Crippen LogP contribution in [0.2, 0.25) is 0 Å². The van der Waals surface area contributed by atoms with E-state index in [-0.39, 0.29) is 43.2 Å². The van der Waals surface area contributed by atoms with E-state index in [4.69, 9.17) is 5.11 Å². The van der Waals surface area contributed by atoms with Gasteiger partial charge < -0.3 is 15.7 Å². The summed E-state index contributed by atoms with van der Waals surface area (Å²) >= 11 is 0. The molecule has 0 spiro atoms. The van der Waals surface area contributed by atoms with E-state index in [1.54, 1.807) is 0 Å². The van der Waals surface area contributed by atoms with E-state index in [0.717, 1.165) is 23.7 Å². The van der Waals surface area contributed by atoms with Crippen LogP contribution in [-0.2, 0) is 22.4 Å². The van der Waals surface area contributed by atoms with Crippen molar-refractivity contribution < 1.29 is 39.9 Å². The number of nitrogens with zero attached hydrogens (tertiary/aromatic N) is 2. The molecule has 15 heteroatoms. The molecule has 2 aromatic carbocycles. The number of aromatic nitrogens is 2. The van der Waals surface area contributed by atoms with E-state index in [9.17, 15) is 34.8 Å². The average molecular weight is 606 g/mol. The van der Waals surface area contributed by atoms with E-state index >= 15 is 0 Å². The number of halogens is 6. The predicted molar refractivity (Wildman–Crippen MR) is 141 cm³/mol. The summed E-state index contributed by atoms with van der Waals surface area (Å²) in [7, 11) is -4.61. The summed E-state index contributed by atoms with van der Waals surface area (Å²) < 4.78 is 106. The van der Waals surface area contributed by atoms with Crippen LogP contribution in [0.25, 0.3) is 10.9 Å². The molecule has 0 atom stereocenters. The number of aliphatic hydroxyl groups is 1. The van der Waals surface area contributed by atoms with E-state index in [1.165, 1.54) is 0 Å². The zero-order chi connectivity index (χ0) is 29.8. The summed E-state index contributed by atoms with van der Waals surface area (Å²) in [6.07, 6.45) is -7.60. The van der Waals surface area contributed by atoms with E-state index in [0.29, 0.717) is 37.7 Å². The molecule has 4 rings (SSSR count). The molecule has 4 N–H and O–H groups in total. The summed E-state index contributed by atoms with van der Waals surface area (Å²) in [4.78, 5) is 7.95. The predicted octanol–water partition coefficient (Wildman–Crippen LogP) is 5.27.